The maximum atomic E-state index is 13.4. The summed E-state index contributed by atoms with van der Waals surface area (Å²) in [5.74, 6) is 4.44. The van der Waals surface area contributed by atoms with Gasteiger partial charge in [0, 0.05) is 38.0 Å². The molecule has 0 N–H and O–H groups in total. The number of hydrogen-bond acceptors (Lipinski definition) is 9. The Kier molecular flexibility index (Phi) is 11.6. The number of carbonyl (C=O) groups excluding carboxylic acids is 2. The van der Waals surface area contributed by atoms with Gasteiger partial charge in [-0.2, -0.15) is 0 Å². The van der Waals surface area contributed by atoms with Gasteiger partial charge in [0.1, 0.15) is 0 Å². The number of fused-ring (bicyclic) bond motifs is 3. The van der Waals surface area contributed by atoms with E-state index in [1.807, 2.05) is 58.6 Å². The second kappa shape index (κ2) is 16.5. The van der Waals surface area contributed by atoms with E-state index < -0.39 is 0 Å². The molecule has 276 valence electrons. The van der Waals surface area contributed by atoms with Crippen molar-refractivity contribution in [3.8, 4) is 34.5 Å². The maximum Gasteiger partial charge on any atom is 0.230 e. The molecule has 3 aromatic carbocycles. The molecule has 11 heteroatoms. The quantitative estimate of drug-likeness (QED) is 0.189. The van der Waals surface area contributed by atoms with Crippen LogP contribution in [0.2, 0.25) is 0 Å². The Labute approximate surface area is 306 Å². The highest BCUT2D eigenvalue weighted by Gasteiger charge is 2.30. The molecule has 0 fully saturated rings. The molecule has 0 aromatic heterocycles. The number of amides is 2. The highest BCUT2D eigenvalue weighted by atomic mass is 16.5. The topological polar surface area (TPSA) is 99.2 Å². The third-order valence-electron chi connectivity index (χ3n) is 10.3. The maximum absolute atomic E-state index is 13.4. The molecule has 0 radical (unpaired) electrons. The first-order valence-electron chi connectivity index (χ1n) is 17.7. The fraction of sp³-hybridized carbons (Fsp3) is 0.415. The van der Waals surface area contributed by atoms with E-state index >= 15 is 0 Å². The average molecular weight is 712 g/mol. The first kappa shape index (κ1) is 36.6. The molecule has 6 rings (SSSR count). The van der Waals surface area contributed by atoms with Crippen LogP contribution in [0.1, 0.15) is 52.1 Å². The van der Waals surface area contributed by atoms with E-state index in [0.29, 0.717) is 42.0 Å². The van der Waals surface area contributed by atoms with Gasteiger partial charge in [-0.15, -0.1) is 0 Å². The van der Waals surface area contributed by atoms with Gasteiger partial charge in [0.15, 0.2) is 34.5 Å². The summed E-state index contributed by atoms with van der Waals surface area (Å²) in [7, 11) is 9.75. The lowest BCUT2D eigenvalue weighted by Crippen LogP contribution is -2.38. The Hall–Kier alpha value is -5.16. The number of ether oxygens (including phenoxy) is 6. The number of carbonyl (C=O) groups is 2. The molecule has 0 unspecified atom stereocenters. The van der Waals surface area contributed by atoms with E-state index in [4.69, 9.17) is 28.4 Å². The van der Waals surface area contributed by atoms with Crippen LogP contribution in [0.4, 0.5) is 0 Å². The Morgan fingerprint density at radius 1 is 0.577 bits per heavy atom. The van der Waals surface area contributed by atoms with Crippen LogP contribution in [0.5, 0.6) is 34.5 Å². The second-order valence-corrected chi connectivity index (χ2v) is 13.3. The van der Waals surface area contributed by atoms with Crippen LogP contribution in [0.25, 0.3) is 12.2 Å². The van der Waals surface area contributed by atoms with Gasteiger partial charge in [0.25, 0.3) is 0 Å². The lowest BCUT2D eigenvalue weighted by Gasteiger charge is -2.36. The van der Waals surface area contributed by atoms with Crippen LogP contribution in [0.3, 0.4) is 0 Å². The fourth-order valence-corrected chi connectivity index (χ4v) is 7.36. The molecule has 2 amide bonds. The summed E-state index contributed by atoms with van der Waals surface area (Å²) in [4.78, 5) is 32.8. The van der Waals surface area contributed by atoms with Crippen molar-refractivity contribution in [3.05, 3.63) is 82.2 Å². The molecule has 11 nitrogen and oxygen atoms in total. The summed E-state index contributed by atoms with van der Waals surface area (Å²) in [6.07, 6.45) is 10.8. The van der Waals surface area contributed by atoms with E-state index in [2.05, 4.69) is 17.0 Å². The van der Waals surface area contributed by atoms with Crippen LogP contribution in [-0.4, -0.2) is 102 Å². The monoisotopic (exact) mass is 711 g/mol. The Balaban J connectivity index is 1.11. The standard InChI is InChI=1S/C41H49N3O8/c1-47-34-18-27-9-15-43(40(45)23-29(27)20-36(34)49-3)13-7-11-42(26-32-17-31-22-38(51-5)39(52-6)25-33(31)32)12-8-14-44-16-10-28-19-35(48-2)37(50-4)21-30(28)24-41(44)46/h9-10,15-16,18-22,25,32H,7-8,11-14,17,23-24,26H2,1-6H3/t32-/m1/s1. The molecule has 2 heterocycles. The molecule has 0 bridgehead atoms. The number of hydrogen-bond donors (Lipinski definition) is 0. The van der Waals surface area contributed by atoms with Crippen LogP contribution >= 0.6 is 0 Å². The van der Waals surface area contributed by atoms with Crippen LogP contribution in [0, 0.1) is 0 Å². The smallest absolute Gasteiger partial charge is 0.230 e. The minimum Gasteiger partial charge on any atom is -0.493 e. The van der Waals surface area contributed by atoms with Crippen molar-refractivity contribution in [3.63, 3.8) is 0 Å². The largest absolute Gasteiger partial charge is 0.493 e. The summed E-state index contributed by atoms with van der Waals surface area (Å²) >= 11 is 0. The van der Waals surface area contributed by atoms with Gasteiger partial charge in [0.2, 0.25) is 11.8 Å². The highest BCUT2D eigenvalue weighted by Crippen LogP contribution is 2.43. The Bertz CT molecular complexity index is 1760. The van der Waals surface area contributed by atoms with E-state index in [9.17, 15) is 9.59 Å². The zero-order valence-electron chi connectivity index (χ0n) is 31.0. The summed E-state index contributed by atoms with van der Waals surface area (Å²) < 4.78 is 33.1. The highest BCUT2D eigenvalue weighted by molar-refractivity contribution is 5.85. The minimum absolute atomic E-state index is 0.0467. The van der Waals surface area contributed by atoms with Crippen molar-refractivity contribution < 1.29 is 38.0 Å². The van der Waals surface area contributed by atoms with Gasteiger partial charge in [-0.3, -0.25) is 9.59 Å². The van der Waals surface area contributed by atoms with Gasteiger partial charge in [0.05, 0.1) is 55.5 Å². The van der Waals surface area contributed by atoms with Crippen LogP contribution in [0.15, 0.2) is 48.8 Å². The van der Waals surface area contributed by atoms with Crippen molar-refractivity contribution in [1.82, 2.24) is 14.7 Å². The molecule has 1 aliphatic carbocycles. The molecule has 2 aliphatic heterocycles. The molecule has 0 saturated carbocycles. The van der Waals surface area contributed by atoms with Gasteiger partial charge in [-0.25, -0.2) is 0 Å². The van der Waals surface area contributed by atoms with Crippen molar-refractivity contribution in [2.45, 2.75) is 38.0 Å². The lowest BCUT2D eigenvalue weighted by atomic mass is 9.77. The number of benzene rings is 3. The summed E-state index contributed by atoms with van der Waals surface area (Å²) in [6.45, 7) is 3.67. The molecular formula is C41H49N3O8. The average Bonchev–Trinajstić information content (AvgIpc) is 3.40. The van der Waals surface area contributed by atoms with Gasteiger partial charge in [-0.05, 0) is 114 Å². The summed E-state index contributed by atoms with van der Waals surface area (Å²) in [6, 6.07) is 11.8. The predicted octanol–water partition coefficient (Wildman–Crippen LogP) is 5.57. The summed E-state index contributed by atoms with van der Waals surface area (Å²) in [5, 5.41) is 0. The first-order valence-corrected chi connectivity index (χ1v) is 17.7. The van der Waals surface area contributed by atoms with E-state index in [1.165, 1.54) is 11.1 Å². The van der Waals surface area contributed by atoms with Crippen molar-refractivity contribution >= 4 is 24.0 Å². The molecule has 3 aromatic rings. The Morgan fingerprint density at radius 2 is 0.981 bits per heavy atom. The second-order valence-electron chi connectivity index (χ2n) is 13.3. The number of rotatable bonds is 16. The predicted molar refractivity (Wildman–Crippen MR) is 200 cm³/mol. The van der Waals surface area contributed by atoms with Crippen LogP contribution in [-0.2, 0) is 28.9 Å². The Morgan fingerprint density at radius 3 is 1.42 bits per heavy atom. The number of nitrogens with zero attached hydrogens (tertiary/aromatic N) is 3. The van der Waals surface area contributed by atoms with E-state index in [0.717, 1.165) is 72.6 Å². The van der Waals surface area contributed by atoms with E-state index in [-0.39, 0.29) is 24.7 Å². The van der Waals surface area contributed by atoms with Gasteiger partial charge in [-0.1, -0.05) is 0 Å². The molecule has 52 heavy (non-hydrogen) atoms. The van der Waals surface area contributed by atoms with Crippen molar-refractivity contribution in [2.24, 2.45) is 0 Å². The van der Waals surface area contributed by atoms with Crippen molar-refractivity contribution in [1.29, 1.82) is 0 Å². The molecule has 3 aliphatic rings. The van der Waals surface area contributed by atoms with Crippen LogP contribution < -0.4 is 28.4 Å². The molecule has 0 saturated heterocycles. The van der Waals surface area contributed by atoms with Gasteiger partial charge >= 0.3 is 0 Å². The van der Waals surface area contributed by atoms with E-state index in [1.54, 1.807) is 42.7 Å². The zero-order chi connectivity index (χ0) is 36.8. The number of methoxy groups -OCH3 is 6. The summed E-state index contributed by atoms with van der Waals surface area (Å²) in [5.41, 5.74) is 6.29. The lowest BCUT2D eigenvalue weighted by molar-refractivity contribution is -0.128. The van der Waals surface area contributed by atoms with Crippen molar-refractivity contribution in [2.75, 3.05) is 75.4 Å². The molecule has 0 spiro atoms. The molecule has 1 atom stereocenters. The SMILES string of the molecule is COc1cc2c(cc1OC)CC(=O)N(CCCN(CCCN1C=Cc3cc(OC)c(OC)cc3CC1=O)C[C@H]1Cc3cc(OC)c(OC)cc31)C=C2. The molecular weight excluding hydrogens is 662 g/mol. The van der Waals surface area contributed by atoms with Gasteiger partial charge < -0.3 is 43.1 Å². The first-order chi connectivity index (χ1) is 25.3. The normalized spacial score (nSPS) is 16.0. The third kappa shape index (κ3) is 7.84. The minimum atomic E-state index is 0.0467. The zero-order valence-corrected chi connectivity index (χ0v) is 31.0. The fourth-order valence-electron chi connectivity index (χ4n) is 7.36. The third-order valence-corrected chi connectivity index (χ3v) is 10.3.